The third-order valence-corrected chi connectivity index (χ3v) is 2.51. The number of ether oxygens (including phenoxy) is 1. The highest BCUT2D eigenvalue weighted by Gasteiger charge is 2.05. The molecule has 3 heteroatoms. The van der Waals surface area contributed by atoms with Crippen LogP contribution in [0.3, 0.4) is 0 Å². The van der Waals surface area contributed by atoms with Crippen LogP contribution in [-0.2, 0) is 0 Å². The van der Waals surface area contributed by atoms with Crippen molar-refractivity contribution in [2.24, 2.45) is 0 Å². The predicted octanol–water partition coefficient (Wildman–Crippen LogP) is 4.31. The molecule has 84 valence electrons. The van der Waals surface area contributed by atoms with E-state index in [1.807, 2.05) is 31.2 Å². The Morgan fingerprint density at radius 1 is 1.18 bits per heavy atom. The van der Waals surface area contributed by atoms with Crippen molar-refractivity contribution in [3.63, 3.8) is 0 Å². The van der Waals surface area contributed by atoms with E-state index in [2.05, 4.69) is 6.07 Å². The van der Waals surface area contributed by atoms with Crippen molar-refractivity contribution in [3.8, 4) is 17.6 Å². The van der Waals surface area contributed by atoms with E-state index in [1.165, 1.54) is 0 Å². The van der Waals surface area contributed by atoms with Gasteiger partial charge in [-0.2, -0.15) is 5.26 Å². The van der Waals surface area contributed by atoms with Gasteiger partial charge in [0.25, 0.3) is 0 Å². The molecule has 0 radical (unpaired) electrons. The number of halogens is 1. The summed E-state index contributed by atoms with van der Waals surface area (Å²) in [7, 11) is 0. The summed E-state index contributed by atoms with van der Waals surface area (Å²) < 4.78 is 5.66. The lowest BCUT2D eigenvalue weighted by Gasteiger charge is -2.08. The van der Waals surface area contributed by atoms with Crippen LogP contribution in [0.4, 0.5) is 0 Å². The molecule has 17 heavy (non-hydrogen) atoms. The number of hydrogen-bond acceptors (Lipinski definition) is 2. The minimum atomic E-state index is 0.430. The van der Waals surface area contributed by atoms with Crippen LogP contribution >= 0.6 is 11.6 Å². The van der Waals surface area contributed by atoms with E-state index in [4.69, 9.17) is 21.6 Å². The SMILES string of the molecule is Cc1cccc(Oc2ccc(Cl)cc2C#N)c1. The molecule has 2 aromatic carbocycles. The Labute approximate surface area is 105 Å². The molecule has 0 aliphatic rings. The van der Waals surface area contributed by atoms with E-state index < -0.39 is 0 Å². The minimum absolute atomic E-state index is 0.430. The zero-order chi connectivity index (χ0) is 12.3. The first-order valence-electron chi connectivity index (χ1n) is 5.13. The average Bonchev–Trinajstić information content (AvgIpc) is 2.31. The van der Waals surface area contributed by atoms with Gasteiger partial charge < -0.3 is 4.74 Å². The maximum Gasteiger partial charge on any atom is 0.145 e. The second-order valence-corrected chi connectivity index (χ2v) is 4.11. The summed E-state index contributed by atoms with van der Waals surface area (Å²) in [5.41, 5.74) is 1.54. The zero-order valence-electron chi connectivity index (χ0n) is 9.27. The van der Waals surface area contributed by atoms with Gasteiger partial charge in [0.2, 0.25) is 0 Å². The molecule has 0 amide bonds. The van der Waals surface area contributed by atoms with Gasteiger partial charge in [-0.25, -0.2) is 0 Å². The Hall–Kier alpha value is -1.98. The number of nitrogens with zero attached hydrogens (tertiary/aromatic N) is 1. The molecule has 2 nitrogen and oxygen atoms in total. The topological polar surface area (TPSA) is 33.0 Å². The lowest BCUT2D eigenvalue weighted by molar-refractivity contribution is 0.480. The Balaban J connectivity index is 2.34. The molecule has 0 saturated carbocycles. The van der Waals surface area contributed by atoms with Crippen LogP contribution < -0.4 is 4.74 Å². The van der Waals surface area contributed by atoms with Crippen molar-refractivity contribution in [1.29, 1.82) is 5.26 Å². The van der Waals surface area contributed by atoms with E-state index in [0.717, 1.165) is 5.56 Å². The van der Waals surface area contributed by atoms with Crippen molar-refractivity contribution in [2.45, 2.75) is 6.92 Å². The molecule has 0 spiro atoms. The molecule has 0 atom stereocenters. The van der Waals surface area contributed by atoms with E-state index >= 15 is 0 Å². The van der Waals surface area contributed by atoms with E-state index in [0.29, 0.717) is 22.1 Å². The molecular weight excluding hydrogens is 234 g/mol. The van der Waals surface area contributed by atoms with Gasteiger partial charge in [-0.05, 0) is 42.8 Å². The highest BCUT2D eigenvalue weighted by Crippen LogP contribution is 2.27. The maximum absolute atomic E-state index is 8.99. The fourth-order valence-electron chi connectivity index (χ4n) is 1.48. The fourth-order valence-corrected chi connectivity index (χ4v) is 1.66. The highest BCUT2D eigenvalue weighted by molar-refractivity contribution is 6.30. The molecule has 2 aromatic rings. The molecule has 0 aliphatic carbocycles. The number of nitriles is 1. The largest absolute Gasteiger partial charge is 0.456 e. The number of aryl methyl sites for hydroxylation is 1. The van der Waals surface area contributed by atoms with Crippen molar-refractivity contribution in [2.75, 3.05) is 0 Å². The molecular formula is C14H10ClNO. The predicted molar refractivity (Wildman–Crippen MR) is 67.4 cm³/mol. The number of rotatable bonds is 2. The zero-order valence-corrected chi connectivity index (χ0v) is 10.0. The summed E-state index contributed by atoms with van der Waals surface area (Å²) >= 11 is 5.82. The van der Waals surface area contributed by atoms with Gasteiger partial charge >= 0.3 is 0 Å². The van der Waals surface area contributed by atoms with E-state index in [9.17, 15) is 0 Å². The van der Waals surface area contributed by atoms with Gasteiger partial charge in [0.05, 0.1) is 5.56 Å². The smallest absolute Gasteiger partial charge is 0.145 e. The molecule has 0 heterocycles. The second kappa shape index (κ2) is 4.90. The average molecular weight is 244 g/mol. The van der Waals surface area contributed by atoms with Crippen LogP contribution in [-0.4, -0.2) is 0 Å². The molecule has 2 rings (SSSR count). The maximum atomic E-state index is 8.99. The quantitative estimate of drug-likeness (QED) is 0.787. The summed E-state index contributed by atoms with van der Waals surface area (Å²) in [6.07, 6.45) is 0. The molecule has 0 fully saturated rings. The lowest BCUT2D eigenvalue weighted by atomic mass is 10.2. The second-order valence-electron chi connectivity index (χ2n) is 3.67. The molecule has 0 saturated heterocycles. The first-order valence-corrected chi connectivity index (χ1v) is 5.51. The van der Waals surface area contributed by atoms with Gasteiger partial charge in [-0.1, -0.05) is 23.7 Å². The van der Waals surface area contributed by atoms with Gasteiger partial charge in [0.15, 0.2) is 0 Å². The van der Waals surface area contributed by atoms with Crippen molar-refractivity contribution < 1.29 is 4.74 Å². The molecule has 0 bridgehead atoms. The summed E-state index contributed by atoms with van der Waals surface area (Å²) in [6, 6.07) is 14.7. The minimum Gasteiger partial charge on any atom is -0.456 e. The molecule has 0 aliphatic heterocycles. The van der Waals surface area contributed by atoms with E-state index in [-0.39, 0.29) is 0 Å². The van der Waals surface area contributed by atoms with E-state index in [1.54, 1.807) is 18.2 Å². The highest BCUT2D eigenvalue weighted by atomic mass is 35.5. The van der Waals surface area contributed by atoms with Gasteiger partial charge in [-0.3, -0.25) is 0 Å². The molecule has 0 aromatic heterocycles. The van der Waals surface area contributed by atoms with Crippen LogP contribution in [0.5, 0.6) is 11.5 Å². The normalized spacial score (nSPS) is 9.71. The molecule has 0 N–H and O–H groups in total. The Morgan fingerprint density at radius 3 is 2.71 bits per heavy atom. The Bertz CT molecular complexity index is 587. The van der Waals surface area contributed by atoms with Crippen LogP contribution in [0.2, 0.25) is 5.02 Å². The summed E-state index contributed by atoms with van der Waals surface area (Å²) in [6.45, 7) is 1.99. The third kappa shape index (κ3) is 2.77. The Morgan fingerprint density at radius 2 is 2.00 bits per heavy atom. The Kier molecular flexibility index (Phi) is 3.32. The monoisotopic (exact) mass is 243 g/mol. The van der Waals surface area contributed by atoms with Crippen LogP contribution in [0.1, 0.15) is 11.1 Å². The van der Waals surface area contributed by atoms with Gasteiger partial charge in [0, 0.05) is 5.02 Å². The fraction of sp³-hybridized carbons (Fsp3) is 0.0714. The van der Waals surface area contributed by atoms with Crippen molar-refractivity contribution >= 4 is 11.6 Å². The first-order chi connectivity index (χ1) is 8.19. The first kappa shape index (κ1) is 11.5. The lowest BCUT2D eigenvalue weighted by Crippen LogP contribution is -1.88. The molecule has 0 unspecified atom stereocenters. The van der Waals surface area contributed by atoms with Crippen molar-refractivity contribution in [1.82, 2.24) is 0 Å². The van der Waals surface area contributed by atoms with Crippen LogP contribution in [0.15, 0.2) is 42.5 Å². The van der Waals surface area contributed by atoms with Crippen LogP contribution in [0, 0.1) is 18.3 Å². The van der Waals surface area contributed by atoms with Crippen molar-refractivity contribution in [3.05, 3.63) is 58.6 Å². The third-order valence-electron chi connectivity index (χ3n) is 2.28. The number of hydrogen-bond donors (Lipinski definition) is 0. The van der Waals surface area contributed by atoms with Crippen LogP contribution in [0.25, 0.3) is 0 Å². The van der Waals surface area contributed by atoms with Gasteiger partial charge in [0.1, 0.15) is 17.6 Å². The summed E-state index contributed by atoms with van der Waals surface area (Å²) in [5, 5.41) is 9.51. The standard InChI is InChI=1S/C14H10ClNO/c1-10-3-2-4-13(7-10)17-14-6-5-12(15)8-11(14)9-16/h2-8H,1H3. The summed E-state index contributed by atoms with van der Waals surface area (Å²) in [5.74, 6) is 1.23. The summed E-state index contributed by atoms with van der Waals surface area (Å²) in [4.78, 5) is 0. The van der Waals surface area contributed by atoms with Gasteiger partial charge in [-0.15, -0.1) is 0 Å². The number of benzene rings is 2.